The average molecular weight is 782 g/mol. The number of carbonyl (C=O) groups is 5. The number of aromatic nitrogens is 3. The second-order valence-corrected chi connectivity index (χ2v) is 15.6. The fourth-order valence-electron chi connectivity index (χ4n) is 7.82. The maximum atomic E-state index is 14.6. The molecule has 5 N–H and O–H groups in total. The number of ether oxygens (including phenoxy) is 1. The van der Waals surface area contributed by atoms with Gasteiger partial charge in [-0.15, -0.1) is 11.3 Å². The lowest BCUT2D eigenvalue weighted by Crippen LogP contribution is -2.59. The molecule has 0 aromatic carbocycles. The summed E-state index contributed by atoms with van der Waals surface area (Å²) in [5.74, 6) is -1.91. The first-order chi connectivity index (χ1) is 27.3. The molecule has 6 heterocycles. The van der Waals surface area contributed by atoms with Crippen molar-refractivity contribution < 1.29 is 33.1 Å². The van der Waals surface area contributed by atoms with Gasteiger partial charge >= 0.3 is 11.9 Å². The van der Waals surface area contributed by atoms with Crippen molar-refractivity contribution in [3.05, 3.63) is 72.2 Å². The minimum absolute atomic E-state index is 0.00647. The number of amides is 6. The monoisotopic (exact) mass is 781 g/mol. The van der Waals surface area contributed by atoms with Crippen LogP contribution in [0.2, 0.25) is 0 Å². The van der Waals surface area contributed by atoms with Crippen molar-refractivity contribution in [3.8, 4) is 17.4 Å². The third kappa shape index (κ3) is 7.94. The maximum absolute atomic E-state index is 14.6. The molecule has 5 atom stereocenters. The molecule has 0 spiro atoms. The third-order valence-corrected chi connectivity index (χ3v) is 11.8. The summed E-state index contributed by atoms with van der Waals surface area (Å²) in [5.41, 5.74) is 4.67. The van der Waals surface area contributed by atoms with E-state index in [1.807, 2.05) is 29.7 Å². The van der Waals surface area contributed by atoms with Crippen LogP contribution in [0.3, 0.4) is 0 Å². The van der Waals surface area contributed by atoms with Crippen LogP contribution in [0.5, 0.6) is 5.88 Å². The molecule has 2 aliphatic heterocycles. The van der Waals surface area contributed by atoms with Crippen molar-refractivity contribution in [2.24, 2.45) is 5.92 Å². The fraction of sp³-hybridized carbons (Fsp3) is 0.436. The van der Waals surface area contributed by atoms with Crippen molar-refractivity contribution in [2.75, 3.05) is 6.54 Å². The standard InChI is InChI=1S/C39H43N9O7S/c49-33-29-20-25(55-35-31-26(16-19-56-31)42-32(44-35)27-13-7-8-17-40-27)22-48(29)36(51)28(43-38(53)41-24-11-5-6-12-24)14-4-2-1-3-10-23-21-39(23,45-33)37(52)47-46-34(50)30-15-9-18-54-30/h3,7-10,13,15-19,23-25,28-29H,1-2,4-6,11-12,14,20-22H2,(H,45,49)(H,46,50)(H,47,52)(H2,41,43,53)/b10-3-/t23-,25-,28+,29+,39-/m1/s1. The Morgan fingerprint density at radius 3 is 2.64 bits per heavy atom. The topological polar surface area (TPSA) is 210 Å². The van der Waals surface area contributed by atoms with E-state index in [1.165, 1.54) is 28.6 Å². The van der Waals surface area contributed by atoms with Crippen LogP contribution in [-0.4, -0.2) is 85.8 Å². The van der Waals surface area contributed by atoms with E-state index in [1.54, 1.807) is 24.4 Å². The lowest BCUT2D eigenvalue weighted by Gasteiger charge is -2.30. The minimum atomic E-state index is -1.38. The molecule has 4 aromatic heterocycles. The van der Waals surface area contributed by atoms with Gasteiger partial charge in [0.05, 0.1) is 18.3 Å². The molecule has 4 aromatic rings. The van der Waals surface area contributed by atoms with Crippen molar-refractivity contribution in [3.63, 3.8) is 0 Å². The summed E-state index contributed by atoms with van der Waals surface area (Å²) >= 11 is 1.41. The number of allylic oxidation sites excluding steroid dienone is 1. The van der Waals surface area contributed by atoms with E-state index in [2.05, 4.69) is 36.8 Å². The first kappa shape index (κ1) is 37.1. The van der Waals surface area contributed by atoms with Gasteiger partial charge in [0, 0.05) is 24.6 Å². The maximum Gasteiger partial charge on any atom is 0.315 e. The second-order valence-electron chi connectivity index (χ2n) is 14.7. The normalized spacial score (nSPS) is 26.0. The summed E-state index contributed by atoms with van der Waals surface area (Å²) in [7, 11) is 0. The minimum Gasteiger partial charge on any atom is -0.471 e. The Labute approximate surface area is 326 Å². The van der Waals surface area contributed by atoms with Crippen LogP contribution in [0, 0.1) is 5.92 Å². The lowest BCUT2D eigenvalue weighted by molar-refractivity contribution is -0.141. The van der Waals surface area contributed by atoms with E-state index in [-0.39, 0.29) is 37.1 Å². The summed E-state index contributed by atoms with van der Waals surface area (Å²) < 4.78 is 12.4. The van der Waals surface area contributed by atoms with Gasteiger partial charge in [0.2, 0.25) is 17.7 Å². The van der Waals surface area contributed by atoms with E-state index in [9.17, 15) is 24.0 Å². The zero-order valence-corrected chi connectivity index (χ0v) is 31.4. The predicted molar refractivity (Wildman–Crippen MR) is 204 cm³/mol. The molecule has 3 fully saturated rings. The summed E-state index contributed by atoms with van der Waals surface area (Å²) in [5, 5.41) is 10.8. The van der Waals surface area contributed by atoms with Crippen molar-refractivity contribution in [1.82, 2.24) is 46.7 Å². The van der Waals surface area contributed by atoms with E-state index in [0.29, 0.717) is 46.9 Å². The highest BCUT2D eigenvalue weighted by Crippen LogP contribution is 2.45. The zero-order chi connectivity index (χ0) is 38.6. The van der Waals surface area contributed by atoms with Gasteiger partial charge < -0.3 is 30.0 Å². The SMILES string of the molecule is O=C(NC1CCCC1)N[C@H]1CCCC/C=C\[C@@H]2C[C@@]2(C(=O)NNC(=O)c2ccco2)NC(=O)[C@@H]2C[C@@H](Oc3nc(-c4ccccn4)nc4ccsc34)CN2C1=O. The molecule has 0 radical (unpaired) electrons. The molecule has 8 rings (SSSR count). The van der Waals surface area contributed by atoms with Gasteiger partial charge in [-0.3, -0.25) is 35.0 Å². The number of furan rings is 1. The molecule has 2 saturated carbocycles. The van der Waals surface area contributed by atoms with Gasteiger partial charge in [-0.05, 0) is 74.2 Å². The quantitative estimate of drug-likeness (QED) is 0.135. The highest BCUT2D eigenvalue weighted by Gasteiger charge is 2.61. The Kier molecular flexibility index (Phi) is 10.7. The molecule has 56 heavy (non-hydrogen) atoms. The number of nitrogens with one attached hydrogen (secondary N) is 5. The number of nitrogens with zero attached hydrogens (tertiary/aromatic N) is 4. The van der Waals surface area contributed by atoms with Crippen LogP contribution < -0.4 is 31.5 Å². The highest BCUT2D eigenvalue weighted by molar-refractivity contribution is 7.17. The number of fused-ring (bicyclic) bond motifs is 3. The van der Waals surface area contributed by atoms with Crippen LogP contribution in [0.15, 0.2) is 70.8 Å². The number of hydrazine groups is 1. The molecule has 2 aliphatic carbocycles. The summed E-state index contributed by atoms with van der Waals surface area (Å²) in [4.78, 5) is 83.9. The molecule has 1 saturated heterocycles. The van der Waals surface area contributed by atoms with E-state index in [4.69, 9.17) is 14.1 Å². The largest absolute Gasteiger partial charge is 0.471 e. The molecular formula is C39H43N9O7S. The Balaban J connectivity index is 1.07. The van der Waals surface area contributed by atoms with Gasteiger partial charge in [-0.1, -0.05) is 37.5 Å². The Bertz CT molecular complexity index is 2120. The Morgan fingerprint density at radius 2 is 1.84 bits per heavy atom. The molecule has 0 unspecified atom stereocenters. The van der Waals surface area contributed by atoms with Gasteiger partial charge in [0.15, 0.2) is 11.6 Å². The van der Waals surface area contributed by atoms with E-state index < -0.39 is 53.4 Å². The number of rotatable bonds is 7. The summed E-state index contributed by atoms with van der Waals surface area (Å²) in [6.07, 6.45) is 12.8. The number of thiophene rings is 1. The fourth-order valence-corrected chi connectivity index (χ4v) is 8.58. The number of pyridine rings is 1. The summed E-state index contributed by atoms with van der Waals surface area (Å²) in [6.45, 7) is 0.0247. The smallest absolute Gasteiger partial charge is 0.315 e. The van der Waals surface area contributed by atoms with Crippen LogP contribution in [0.25, 0.3) is 21.7 Å². The van der Waals surface area contributed by atoms with Gasteiger partial charge in [0.1, 0.15) is 34.1 Å². The highest BCUT2D eigenvalue weighted by atomic mass is 32.1. The number of carbonyl (C=O) groups excluding carboxylic acids is 5. The number of urea groups is 1. The van der Waals surface area contributed by atoms with Crippen LogP contribution >= 0.6 is 11.3 Å². The Morgan fingerprint density at radius 1 is 0.982 bits per heavy atom. The lowest BCUT2D eigenvalue weighted by atomic mass is 10.0. The first-order valence-electron chi connectivity index (χ1n) is 19.1. The van der Waals surface area contributed by atoms with Gasteiger partial charge in [0.25, 0.3) is 5.91 Å². The van der Waals surface area contributed by atoms with Crippen molar-refractivity contribution in [2.45, 2.75) is 94.0 Å². The number of hydrogen-bond acceptors (Lipinski definition) is 11. The molecule has 6 amide bonds. The molecule has 17 heteroatoms. The van der Waals surface area contributed by atoms with Crippen LogP contribution in [-0.2, 0) is 14.4 Å². The van der Waals surface area contributed by atoms with Crippen molar-refractivity contribution >= 4 is 51.2 Å². The molecule has 0 bridgehead atoms. The second kappa shape index (κ2) is 16.1. The molecule has 16 nitrogen and oxygen atoms in total. The predicted octanol–water partition coefficient (Wildman–Crippen LogP) is 3.77. The van der Waals surface area contributed by atoms with Gasteiger partial charge in [-0.25, -0.2) is 9.78 Å². The van der Waals surface area contributed by atoms with Gasteiger partial charge in [-0.2, -0.15) is 4.98 Å². The van der Waals surface area contributed by atoms with Crippen LogP contribution in [0.4, 0.5) is 4.79 Å². The zero-order valence-electron chi connectivity index (χ0n) is 30.6. The number of hydrogen-bond donors (Lipinski definition) is 5. The summed E-state index contributed by atoms with van der Waals surface area (Å²) in [6, 6.07) is 7.99. The molecule has 4 aliphatic rings. The van der Waals surface area contributed by atoms with E-state index >= 15 is 0 Å². The van der Waals surface area contributed by atoms with Crippen LogP contribution in [0.1, 0.15) is 74.8 Å². The Hall–Kier alpha value is -5.84. The van der Waals surface area contributed by atoms with E-state index in [0.717, 1.165) is 32.1 Å². The average Bonchev–Trinajstić information content (AvgIpc) is 3.87. The molecular weight excluding hydrogens is 739 g/mol. The first-order valence-corrected chi connectivity index (χ1v) is 20.0. The third-order valence-electron chi connectivity index (χ3n) is 10.9. The molecule has 292 valence electrons. The van der Waals surface area contributed by atoms with Crippen molar-refractivity contribution in [1.29, 1.82) is 0 Å².